The predicted octanol–water partition coefficient (Wildman–Crippen LogP) is 3.50. The first kappa shape index (κ1) is 19.8. The van der Waals surface area contributed by atoms with E-state index in [2.05, 4.69) is 46.2 Å². The molecule has 2 aromatic rings. The zero-order valence-corrected chi connectivity index (χ0v) is 17.4. The van der Waals surface area contributed by atoms with Crippen molar-refractivity contribution < 1.29 is 14.3 Å². The molecule has 5 nitrogen and oxygen atoms in total. The third-order valence-electron chi connectivity index (χ3n) is 6.11. The van der Waals surface area contributed by atoms with Crippen LogP contribution in [0.2, 0.25) is 0 Å². The molecule has 5 heteroatoms. The monoisotopic (exact) mass is 394 g/mol. The van der Waals surface area contributed by atoms with Crippen molar-refractivity contribution in [1.29, 1.82) is 0 Å². The Kier molecular flexibility index (Phi) is 6.05. The number of carbonyl (C=O) groups is 1. The summed E-state index contributed by atoms with van der Waals surface area (Å²) >= 11 is 0. The Balaban J connectivity index is 1.40. The highest BCUT2D eigenvalue weighted by molar-refractivity contribution is 5.79. The molecule has 0 aromatic heterocycles. The van der Waals surface area contributed by atoms with Gasteiger partial charge in [0, 0.05) is 32.2 Å². The Morgan fingerprint density at radius 1 is 1.03 bits per heavy atom. The molecule has 1 fully saturated rings. The Bertz CT molecular complexity index is 845. The van der Waals surface area contributed by atoms with Crippen molar-refractivity contribution in [3.8, 4) is 11.5 Å². The van der Waals surface area contributed by atoms with E-state index >= 15 is 0 Å². The van der Waals surface area contributed by atoms with Gasteiger partial charge in [-0.3, -0.25) is 9.69 Å². The van der Waals surface area contributed by atoms with Gasteiger partial charge in [-0.25, -0.2) is 0 Å². The largest absolute Gasteiger partial charge is 0.497 e. The van der Waals surface area contributed by atoms with Crippen LogP contribution in [-0.4, -0.2) is 49.6 Å². The summed E-state index contributed by atoms with van der Waals surface area (Å²) < 4.78 is 10.8. The Morgan fingerprint density at radius 3 is 2.48 bits per heavy atom. The van der Waals surface area contributed by atoms with Crippen LogP contribution in [0, 0.1) is 5.92 Å². The van der Waals surface area contributed by atoms with E-state index in [4.69, 9.17) is 9.47 Å². The fourth-order valence-corrected chi connectivity index (χ4v) is 4.56. The van der Waals surface area contributed by atoms with Gasteiger partial charge in [0.05, 0.1) is 20.1 Å². The summed E-state index contributed by atoms with van der Waals surface area (Å²) in [6, 6.07) is 14.5. The van der Waals surface area contributed by atoms with Gasteiger partial charge < -0.3 is 14.4 Å². The highest BCUT2D eigenvalue weighted by atomic mass is 16.5. The van der Waals surface area contributed by atoms with Crippen molar-refractivity contribution in [1.82, 2.24) is 9.80 Å². The number of amides is 1. The number of likely N-dealkylation sites (tertiary alicyclic amines) is 1. The van der Waals surface area contributed by atoms with Crippen LogP contribution in [0.1, 0.15) is 29.5 Å². The lowest BCUT2D eigenvalue weighted by Gasteiger charge is -2.36. The first-order valence-corrected chi connectivity index (χ1v) is 10.5. The molecule has 1 unspecified atom stereocenters. The van der Waals surface area contributed by atoms with Crippen LogP contribution in [0.15, 0.2) is 42.5 Å². The SMILES string of the molecule is COc1cc(CN2CCCC(C(=O)N3CCc4ccccc4C3)C2)cc(OC)c1. The molecule has 154 valence electrons. The van der Waals surface area contributed by atoms with Crippen LogP contribution in [0.5, 0.6) is 11.5 Å². The van der Waals surface area contributed by atoms with Gasteiger partial charge in [0.25, 0.3) is 0 Å². The number of ether oxygens (including phenoxy) is 2. The minimum Gasteiger partial charge on any atom is -0.497 e. The van der Waals surface area contributed by atoms with Gasteiger partial charge in [0.15, 0.2) is 0 Å². The predicted molar refractivity (Wildman–Crippen MR) is 113 cm³/mol. The van der Waals surface area contributed by atoms with Crippen LogP contribution in [-0.2, 0) is 24.3 Å². The normalized spacial score (nSPS) is 19.5. The average Bonchev–Trinajstić information content (AvgIpc) is 2.78. The van der Waals surface area contributed by atoms with Crippen molar-refractivity contribution in [2.75, 3.05) is 33.9 Å². The Labute approximate surface area is 173 Å². The van der Waals surface area contributed by atoms with E-state index in [9.17, 15) is 4.79 Å². The van der Waals surface area contributed by atoms with Crippen molar-refractivity contribution in [3.63, 3.8) is 0 Å². The number of benzene rings is 2. The van der Waals surface area contributed by atoms with Gasteiger partial charge >= 0.3 is 0 Å². The first-order chi connectivity index (χ1) is 14.2. The van der Waals surface area contributed by atoms with Crippen LogP contribution < -0.4 is 9.47 Å². The van der Waals surface area contributed by atoms with Crippen LogP contribution >= 0.6 is 0 Å². The second kappa shape index (κ2) is 8.87. The lowest BCUT2D eigenvalue weighted by atomic mass is 9.93. The third-order valence-corrected chi connectivity index (χ3v) is 6.11. The zero-order valence-electron chi connectivity index (χ0n) is 17.4. The highest BCUT2D eigenvalue weighted by Crippen LogP contribution is 2.27. The van der Waals surface area contributed by atoms with Gasteiger partial charge in [-0.1, -0.05) is 24.3 Å². The van der Waals surface area contributed by atoms with E-state index in [1.165, 1.54) is 11.1 Å². The van der Waals surface area contributed by atoms with E-state index in [1.807, 2.05) is 6.07 Å². The standard InChI is InChI=1S/C24H30N2O3/c1-28-22-12-18(13-23(14-22)29-2)15-25-10-5-8-21(16-25)24(27)26-11-9-19-6-3-4-7-20(19)17-26/h3-4,6-7,12-14,21H,5,8-11,15-17H2,1-2H3. The number of methoxy groups -OCH3 is 2. The summed E-state index contributed by atoms with van der Waals surface area (Å²) in [4.78, 5) is 17.7. The maximum absolute atomic E-state index is 13.2. The lowest BCUT2D eigenvalue weighted by Crippen LogP contribution is -2.46. The molecule has 29 heavy (non-hydrogen) atoms. The van der Waals surface area contributed by atoms with Gasteiger partial charge in [0.1, 0.15) is 11.5 Å². The number of piperidine rings is 1. The molecular formula is C24H30N2O3. The average molecular weight is 395 g/mol. The summed E-state index contributed by atoms with van der Waals surface area (Å²) in [5.41, 5.74) is 3.83. The Morgan fingerprint density at radius 2 is 1.76 bits per heavy atom. The van der Waals surface area contributed by atoms with E-state index < -0.39 is 0 Å². The molecule has 2 aliphatic rings. The van der Waals surface area contributed by atoms with Gasteiger partial charge in [-0.15, -0.1) is 0 Å². The molecule has 2 aromatic carbocycles. The molecule has 4 rings (SSSR count). The summed E-state index contributed by atoms with van der Waals surface area (Å²) in [5, 5.41) is 0. The van der Waals surface area contributed by atoms with Crippen molar-refractivity contribution in [2.45, 2.75) is 32.4 Å². The van der Waals surface area contributed by atoms with E-state index in [0.717, 1.165) is 69.0 Å². The summed E-state index contributed by atoms with van der Waals surface area (Å²) in [7, 11) is 3.34. The first-order valence-electron chi connectivity index (χ1n) is 10.5. The highest BCUT2D eigenvalue weighted by Gasteiger charge is 2.31. The molecule has 2 heterocycles. The number of rotatable bonds is 5. The minimum atomic E-state index is 0.0847. The molecule has 1 saturated heterocycles. The Hall–Kier alpha value is -2.53. The molecule has 0 aliphatic carbocycles. The van der Waals surface area contributed by atoms with E-state index in [-0.39, 0.29) is 5.92 Å². The molecule has 2 aliphatic heterocycles. The van der Waals surface area contributed by atoms with Gasteiger partial charge in [-0.05, 0) is 54.6 Å². The molecule has 0 spiro atoms. The molecule has 0 bridgehead atoms. The smallest absolute Gasteiger partial charge is 0.227 e. The number of hydrogen-bond acceptors (Lipinski definition) is 4. The van der Waals surface area contributed by atoms with Gasteiger partial charge in [-0.2, -0.15) is 0 Å². The number of hydrogen-bond donors (Lipinski definition) is 0. The third kappa shape index (κ3) is 4.56. The van der Waals surface area contributed by atoms with Crippen molar-refractivity contribution >= 4 is 5.91 Å². The van der Waals surface area contributed by atoms with Gasteiger partial charge in [0.2, 0.25) is 5.91 Å². The number of fused-ring (bicyclic) bond motifs is 1. The van der Waals surface area contributed by atoms with Crippen LogP contribution in [0.4, 0.5) is 0 Å². The second-order valence-corrected chi connectivity index (χ2v) is 8.07. The summed E-state index contributed by atoms with van der Waals surface area (Å²) in [6.07, 6.45) is 3.00. The zero-order chi connectivity index (χ0) is 20.2. The van der Waals surface area contributed by atoms with Crippen LogP contribution in [0.25, 0.3) is 0 Å². The fraction of sp³-hybridized carbons (Fsp3) is 0.458. The van der Waals surface area contributed by atoms with E-state index in [0.29, 0.717) is 5.91 Å². The minimum absolute atomic E-state index is 0.0847. The molecule has 1 amide bonds. The second-order valence-electron chi connectivity index (χ2n) is 8.07. The number of nitrogens with zero attached hydrogens (tertiary/aromatic N) is 2. The summed E-state index contributed by atoms with van der Waals surface area (Å²) in [6.45, 7) is 4.22. The van der Waals surface area contributed by atoms with Crippen LogP contribution in [0.3, 0.4) is 0 Å². The maximum atomic E-state index is 13.2. The maximum Gasteiger partial charge on any atom is 0.227 e. The van der Waals surface area contributed by atoms with Crippen molar-refractivity contribution in [3.05, 3.63) is 59.2 Å². The summed E-state index contributed by atoms with van der Waals surface area (Å²) in [5.74, 6) is 2.00. The quantitative estimate of drug-likeness (QED) is 0.778. The topological polar surface area (TPSA) is 42.0 Å². The molecule has 0 radical (unpaired) electrons. The van der Waals surface area contributed by atoms with E-state index in [1.54, 1.807) is 14.2 Å². The fourth-order valence-electron chi connectivity index (χ4n) is 4.56. The molecule has 1 atom stereocenters. The molecule has 0 N–H and O–H groups in total. The molecule has 0 saturated carbocycles. The lowest BCUT2D eigenvalue weighted by molar-refractivity contribution is -0.138. The molecular weight excluding hydrogens is 364 g/mol. The number of carbonyl (C=O) groups excluding carboxylic acids is 1. The van der Waals surface area contributed by atoms with Crippen molar-refractivity contribution in [2.24, 2.45) is 5.92 Å².